The second-order valence-corrected chi connectivity index (χ2v) is 6.99. The van der Waals surface area contributed by atoms with Crippen molar-refractivity contribution in [2.24, 2.45) is 5.92 Å². The number of ketones is 1. The highest BCUT2D eigenvalue weighted by Crippen LogP contribution is 2.47. The van der Waals surface area contributed by atoms with Crippen LogP contribution in [0.1, 0.15) is 63.0 Å². The van der Waals surface area contributed by atoms with Crippen LogP contribution >= 0.6 is 11.3 Å². The summed E-state index contributed by atoms with van der Waals surface area (Å²) in [5.41, 5.74) is 6.72. The number of hydrogen-bond donors (Lipinski definition) is 2. The molecule has 0 spiro atoms. The normalized spacial score (nSPS) is 14.8. The molecule has 21 heavy (non-hydrogen) atoms. The van der Waals surface area contributed by atoms with Crippen molar-refractivity contribution in [3.63, 3.8) is 0 Å². The van der Waals surface area contributed by atoms with Gasteiger partial charge in [0.05, 0.1) is 16.7 Å². The monoisotopic (exact) mass is 310 g/mol. The molecule has 0 atom stereocenters. The van der Waals surface area contributed by atoms with Crippen molar-refractivity contribution in [3.05, 3.63) is 4.88 Å². The van der Waals surface area contributed by atoms with Crippen molar-refractivity contribution in [2.45, 2.75) is 65.5 Å². The maximum Gasteiger partial charge on any atom is 0.178 e. The lowest BCUT2D eigenvalue weighted by Gasteiger charge is -2.17. The van der Waals surface area contributed by atoms with Crippen LogP contribution in [-0.4, -0.2) is 17.9 Å². The van der Waals surface area contributed by atoms with Gasteiger partial charge >= 0.3 is 0 Å². The summed E-state index contributed by atoms with van der Waals surface area (Å²) in [5.74, 6) is 1.02. The summed E-state index contributed by atoms with van der Waals surface area (Å²) in [6.07, 6.45) is 4.08. The molecule has 1 saturated carbocycles. The first-order valence-electron chi connectivity index (χ1n) is 7.87. The van der Waals surface area contributed by atoms with Gasteiger partial charge in [-0.15, -0.1) is 11.3 Å². The molecule has 0 aliphatic heterocycles. The van der Waals surface area contributed by atoms with E-state index in [-0.39, 0.29) is 17.8 Å². The minimum absolute atomic E-state index is 0.0352. The molecular formula is C16H26N2O2S. The molecule has 4 nitrogen and oxygen atoms in total. The highest BCUT2D eigenvalue weighted by Gasteiger charge is 2.34. The predicted octanol–water partition coefficient (Wildman–Crippen LogP) is 4.31. The average Bonchev–Trinajstić information content (AvgIpc) is 3.24. The average molecular weight is 310 g/mol. The third kappa shape index (κ3) is 3.70. The van der Waals surface area contributed by atoms with Crippen molar-refractivity contribution < 1.29 is 9.53 Å². The van der Waals surface area contributed by atoms with E-state index in [1.165, 1.54) is 11.3 Å². The van der Waals surface area contributed by atoms with Gasteiger partial charge in [0.2, 0.25) is 0 Å². The largest absolute Gasteiger partial charge is 0.486 e. The first-order valence-corrected chi connectivity index (χ1v) is 8.69. The summed E-state index contributed by atoms with van der Waals surface area (Å²) in [7, 11) is 0. The van der Waals surface area contributed by atoms with Crippen molar-refractivity contribution in [2.75, 3.05) is 11.1 Å². The van der Waals surface area contributed by atoms with Crippen molar-refractivity contribution in [3.8, 4) is 5.75 Å². The Morgan fingerprint density at radius 2 is 2.00 bits per heavy atom. The van der Waals surface area contributed by atoms with Crippen molar-refractivity contribution in [1.29, 1.82) is 0 Å². The molecule has 2 rings (SSSR count). The zero-order valence-corrected chi connectivity index (χ0v) is 14.2. The van der Waals surface area contributed by atoms with Gasteiger partial charge < -0.3 is 15.8 Å². The maximum absolute atomic E-state index is 12.4. The van der Waals surface area contributed by atoms with Crippen LogP contribution in [0.4, 0.5) is 10.7 Å². The number of carbonyl (C=O) groups is 1. The third-order valence-electron chi connectivity index (χ3n) is 3.75. The molecule has 3 N–H and O–H groups in total. The van der Waals surface area contributed by atoms with Crippen molar-refractivity contribution >= 4 is 27.8 Å². The molecule has 1 aliphatic carbocycles. The Hall–Kier alpha value is -1.23. The molecule has 0 aromatic carbocycles. The van der Waals surface area contributed by atoms with E-state index in [0.29, 0.717) is 22.4 Å². The summed E-state index contributed by atoms with van der Waals surface area (Å²) < 4.78 is 5.87. The Morgan fingerprint density at radius 1 is 1.38 bits per heavy atom. The smallest absolute Gasteiger partial charge is 0.178 e. The van der Waals surface area contributed by atoms with Gasteiger partial charge in [0, 0.05) is 12.0 Å². The van der Waals surface area contributed by atoms with Gasteiger partial charge in [-0.1, -0.05) is 13.8 Å². The van der Waals surface area contributed by atoms with Crippen LogP contribution in [0.2, 0.25) is 0 Å². The first kappa shape index (κ1) is 16.1. The van der Waals surface area contributed by atoms with Crippen molar-refractivity contribution in [1.82, 2.24) is 0 Å². The fraction of sp³-hybridized carbons (Fsp3) is 0.688. The fourth-order valence-corrected chi connectivity index (χ4v) is 3.42. The van der Waals surface area contributed by atoms with E-state index in [0.717, 1.165) is 30.7 Å². The van der Waals surface area contributed by atoms with Gasteiger partial charge in [-0.25, -0.2) is 0 Å². The standard InChI is InChI=1S/C16H26N2O2S/c1-5-11(6-2)18-16-14(20-9(3)4)12(17)15(21-16)13(19)10-7-8-10/h9-11,18H,5-8,17H2,1-4H3. The SMILES string of the molecule is CCC(CC)Nc1sc(C(=O)C2CC2)c(N)c1OC(C)C. The number of nitrogens with two attached hydrogens (primary N) is 1. The highest BCUT2D eigenvalue weighted by molar-refractivity contribution is 7.19. The molecule has 0 bridgehead atoms. The van der Waals surface area contributed by atoms with E-state index < -0.39 is 0 Å². The van der Waals surface area contributed by atoms with Gasteiger partial charge in [-0.3, -0.25) is 4.79 Å². The lowest BCUT2D eigenvalue weighted by Crippen LogP contribution is -2.17. The topological polar surface area (TPSA) is 64.4 Å². The third-order valence-corrected chi connectivity index (χ3v) is 4.88. The Balaban J connectivity index is 2.31. The highest BCUT2D eigenvalue weighted by atomic mass is 32.1. The Bertz CT molecular complexity index is 503. The van der Waals surface area contributed by atoms with E-state index in [4.69, 9.17) is 10.5 Å². The van der Waals surface area contributed by atoms with E-state index in [2.05, 4.69) is 19.2 Å². The number of Topliss-reactive ketones (excluding diaryl/α,β-unsaturated/α-hetero) is 1. The molecule has 1 aromatic rings. The summed E-state index contributed by atoms with van der Waals surface area (Å²) in [6.45, 7) is 8.25. The summed E-state index contributed by atoms with van der Waals surface area (Å²) >= 11 is 1.45. The zero-order chi connectivity index (χ0) is 15.6. The lowest BCUT2D eigenvalue weighted by atomic mass is 10.1. The van der Waals surface area contributed by atoms with Crippen LogP contribution in [0.3, 0.4) is 0 Å². The number of thiophene rings is 1. The lowest BCUT2D eigenvalue weighted by molar-refractivity contribution is 0.0972. The number of nitrogens with one attached hydrogen (secondary N) is 1. The van der Waals surface area contributed by atoms with E-state index in [1.807, 2.05) is 13.8 Å². The van der Waals surface area contributed by atoms with Gasteiger partial charge in [-0.05, 0) is 39.5 Å². The molecule has 1 fully saturated rings. The van der Waals surface area contributed by atoms with E-state index in [1.54, 1.807) is 0 Å². The molecular weight excluding hydrogens is 284 g/mol. The van der Waals surface area contributed by atoms with E-state index in [9.17, 15) is 4.79 Å². The molecule has 1 aliphatic rings. The molecule has 0 radical (unpaired) electrons. The number of anilines is 2. The minimum atomic E-state index is 0.0352. The molecule has 118 valence electrons. The number of hydrogen-bond acceptors (Lipinski definition) is 5. The second kappa shape index (κ2) is 6.69. The van der Waals surface area contributed by atoms with Gasteiger partial charge in [-0.2, -0.15) is 0 Å². The molecule has 1 aromatic heterocycles. The number of rotatable bonds is 8. The summed E-state index contributed by atoms with van der Waals surface area (Å²) in [4.78, 5) is 13.0. The van der Waals surface area contributed by atoms with Gasteiger partial charge in [0.25, 0.3) is 0 Å². The quantitative estimate of drug-likeness (QED) is 0.702. The minimum Gasteiger partial charge on any atom is -0.486 e. The molecule has 0 saturated heterocycles. The second-order valence-electron chi connectivity index (χ2n) is 5.97. The molecule has 5 heteroatoms. The Kier molecular flexibility index (Phi) is 5.14. The maximum atomic E-state index is 12.4. The molecule has 1 heterocycles. The van der Waals surface area contributed by atoms with Crippen LogP contribution in [0.25, 0.3) is 0 Å². The van der Waals surface area contributed by atoms with Gasteiger partial charge in [0.1, 0.15) is 5.00 Å². The van der Waals surface area contributed by atoms with Gasteiger partial charge in [0.15, 0.2) is 11.5 Å². The first-order chi connectivity index (χ1) is 9.97. The fourth-order valence-electron chi connectivity index (χ4n) is 2.27. The molecule has 0 amide bonds. The number of carbonyl (C=O) groups excluding carboxylic acids is 1. The number of nitrogen functional groups attached to an aromatic ring is 1. The summed E-state index contributed by atoms with van der Waals surface area (Å²) in [6, 6.07) is 0.376. The summed E-state index contributed by atoms with van der Waals surface area (Å²) in [5, 5.41) is 4.39. The van der Waals surface area contributed by atoms with Crippen LogP contribution in [-0.2, 0) is 0 Å². The van der Waals surface area contributed by atoms with E-state index >= 15 is 0 Å². The Labute approximate surface area is 131 Å². The zero-order valence-electron chi connectivity index (χ0n) is 13.4. The molecule has 0 unspecified atom stereocenters. The van der Waals surface area contributed by atoms with Crippen LogP contribution < -0.4 is 15.8 Å². The Morgan fingerprint density at radius 3 is 2.48 bits per heavy atom. The number of ether oxygens (including phenoxy) is 1. The predicted molar refractivity (Wildman–Crippen MR) is 89.5 cm³/mol. The van der Waals surface area contributed by atoms with Crippen LogP contribution in [0.5, 0.6) is 5.75 Å². The van der Waals surface area contributed by atoms with Crippen LogP contribution in [0, 0.1) is 5.92 Å². The van der Waals surface area contributed by atoms with Crippen LogP contribution in [0.15, 0.2) is 0 Å².